The van der Waals surface area contributed by atoms with Crippen LogP contribution in [0.5, 0.6) is 5.75 Å². The van der Waals surface area contributed by atoms with Gasteiger partial charge in [-0.05, 0) is 35.7 Å². The first kappa shape index (κ1) is 20.2. The van der Waals surface area contributed by atoms with Crippen LogP contribution in [0.1, 0.15) is 16.7 Å². The number of aryl methyl sites for hydroxylation is 1. The predicted molar refractivity (Wildman–Crippen MR) is 116 cm³/mol. The third-order valence-electron chi connectivity index (χ3n) is 5.76. The lowest BCUT2D eigenvalue weighted by molar-refractivity contribution is -0.132. The molecule has 156 valence electrons. The molecule has 3 aromatic rings. The molecule has 4 rings (SSSR count). The van der Waals surface area contributed by atoms with E-state index >= 15 is 0 Å². The monoisotopic (exact) mass is 406 g/mol. The number of ether oxygens (including phenoxy) is 1. The smallest absolute Gasteiger partial charge is 0.336 e. The van der Waals surface area contributed by atoms with Crippen molar-refractivity contribution in [2.24, 2.45) is 0 Å². The molecular formula is C24H26N2O4. The summed E-state index contributed by atoms with van der Waals surface area (Å²) in [7, 11) is 1.59. The van der Waals surface area contributed by atoms with Gasteiger partial charge in [0.1, 0.15) is 11.3 Å². The minimum Gasteiger partial charge on any atom is -0.497 e. The van der Waals surface area contributed by atoms with Gasteiger partial charge < -0.3 is 14.1 Å². The zero-order valence-electron chi connectivity index (χ0n) is 17.4. The first-order valence-electron chi connectivity index (χ1n) is 10.2. The van der Waals surface area contributed by atoms with Crippen LogP contribution >= 0.6 is 0 Å². The molecule has 1 aliphatic heterocycles. The molecule has 0 N–H and O–H groups in total. The molecule has 0 unspecified atom stereocenters. The van der Waals surface area contributed by atoms with Gasteiger partial charge in [-0.15, -0.1) is 0 Å². The molecular weight excluding hydrogens is 380 g/mol. The van der Waals surface area contributed by atoms with Gasteiger partial charge in [-0.25, -0.2) is 4.79 Å². The van der Waals surface area contributed by atoms with Gasteiger partial charge in [0.2, 0.25) is 5.91 Å². The molecule has 2 heterocycles. The zero-order chi connectivity index (χ0) is 21.1. The zero-order valence-corrected chi connectivity index (χ0v) is 17.4. The van der Waals surface area contributed by atoms with Crippen molar-refractivity contribution in [2.75, 3.05) is 33.3 Å². The van der Waals surface area contributed by atoms with Gasteiger partial charge in [0, 0.05) is 50.2 Å². The average Bonchev–Trinajstić information content (AvgIpc) is 2.75. The van der Waals surface area contributed by atoms with Gasteiger partial charge in [-0.1, -0.05) is 24.3 Å². The van der Waals surface area contributed by atoms with Crippen LogP contribution in [0, 0.1) is 6.92 Å². The fraction of sp³-hybridized carbons (Fsp3) is 0.333. The molecule has 30 heavy (non-hydrogen) atoms. The molecule has 6 nitrogen and oxygen atoms in total. The van der Waals surface area contributed by atoms with Crippen molar-refractivity contribution in [3.05, 3.63) is 75.6 Å². The molecule has 6 heteroatoms. The number of piperazine rings is 1. The largest absolute Gasteiger partial charge is 0.497 e. The van der Waals surface area contributed by atoms with E-state index in [2.05, 4.69) is 4.90 Å². The van der Waals surface area contributed by atoms with Gasteiger partial charge >= 0.3 is 5.63 Å². The average molecular weight is 406 g/mol. The van der Waals surface area contributed by atoms with Crippen LogP contribution in [0.4, 0.5) is 0 Å². The Labute approximate surface area is 175 Å². The highest BCUT2D eigenvalue weighted by atomic mass is 16.5. The number of rotatable bonds is 5. The number of amides is 1. The number of fused-ring (bicyclic) bond motifs is 1. The number of benzene rings is 2. The molecule has 0 aliphatic carbocycles. The Morgan fingerprint density at radius 2 is 1.80 bits per heavy atom. The van der Waals surface area contributed by atoms with Crippen LogP contribution in [0.15, 0.2) is 57.7 Å². The van der Waals surface area contributed by atoms with Crippen LogP contribution in [0.3, 0.4) is 0 Å². The van der Waals surface area contributed by atoms with E-state index < -0.39 is 0 Å². The molecule has 2 aromatic carbocycles. The third-order valence-corrected chi connectivity index (χ3v) is 5.76. The Bertz CT molecular complexity index is 1110. The SMILES string of the molecule is COc1ccc2c(CN3CCN(C(=O)Cc4ccccc4C)CC3)cc(=O)oc2c1. The molecule has 1 aliphatic rings. The van der Waals surface area contributed by atoms with Crippen molar-refractivity contribution in [1.29, 1.82) is 0 Å². The highest BCUT2D eigenvalue weighted by Gasteiger charge is 2.22. The maximum Gasteiger partial charge on any atom is 0.336 e. The highest BCUT2D eigenvalue weighted by molar-refractivity contribution is 5.81. The molecule has 0 atom stereocenters. The Balaban J connectivity index is 1.41. The van der Waals surface area contributed by atoms with E-state index in [1.807, 2.05) is 48.2 Å². The summed E-state index contributed by atoms with van der Waals surface area (Å²) in [6.45, 7) is 5.62. The molecule has 0 radical (unpaired) electrons. The molecule has 0 saturated carbocycles. The fourth-order valence-electron chi connectivity index (χ4n) is 3.95. The van der Waals surface area contributed by atoms with Crippen molar-refractivity contribution in [3.8, 4) is 5.75 Å². The van der Waals surface area contributed by atoms with E-state index in [-0.39, 0.29) is 11.5 Å². The summed E-state index contributed by atoms with van der Waals surface area (Å²) in [5, 5.41) is 0.911. The van der Waals surface area contributed by atoms with Crippen LogP contribution in [0.2, 0.25) is 0 Å². The van der Waals surface area contributed by atoms with E-state index in [0.29, 0.717) is 37.4 Å². The second-order valence-corrected chi connectivity index (χ2v) is 7.71. The van der Waals surface area contributed by atoms with Crippen molar-refractivity contribution in [1.82, 2.24) is 9.80 Å². The van der Waals surface area contributed by atoms with Crippen LogP contribution in [-0.4, -0.2) is 49.0 Å². The highest BCUT2D eigenvalue weighted by Crippen LogP contribution is 2.24. The molecule has 1 amide bonds. The Hall–Kier alpha value is -3.12. The summed E-state index contributed by atoms with van der Waals surface area (Å²) in [5.41, 5.74) is 3.34. The lowest BCUT2D eigenvalue weighted by atomic mass is 10.0. The number of carbonyl (C=O) groups is 1. The standard InChI is InChI=1S/C24H26N2O4/c1-17-5-3-4-6-18(17)13-23(27)26-11-9-25(10-12-26)16-19-14-24(28)30-22-15-20(29-2)7-8-21(19)22/h3-8,14-15H,9-13,16H2,1-2H3. The molecule has 0 bridgehead atoms. The maximum absolute atomic E-state index is 12.7. The number of hydrogen-bond donors (Lipinski definition) is 0. The molecule has 0 spiro atoms. The van der Waals surface area contributed by atoms with Crippen molar-refractivity contribution >= 4 is 16.9 Å². The number of hydrogen-bond acceptors (Lipinski definition) is 5. The van der Waals surface area contributed by atoms with Crippen LogP contribution in [-0.2, 0) is 17.8 Å². The summed E-state index contributed by atoms with van der Waals surface area (Å²) < 4.78 is 10.6. The number of carbonyl (C=O) groups excluding carboxylic acids is 1. The van der Waals surface area contributed by atoms with Gasteiger partial charge in [-0.3, -0.25) is 9.69 Å². The lowest BCUT2D eigenvalue weighted by Gasteiger charge is -2.35. The normalized spacial score (nSPS) is 14.8. The topological polar surface area (TPSA) is 63.0 Å². The Morgan fingerprint density at radius 1 is 1.03 bits per heavy atom. The van der Waals surface area contributed by atoms with Gasteiger partial charge in [0.05, 0.1) is 13.5 Å². The van der Waals surface area contributed by atoms with Gasteiger partial charge in [0.15, 0.2) is 0 Å². The Kier molecular flexibility index (Phi) is 5.86. The number of methoxy groups -OCH3 is 1. The van der Waals surface area contributed by atoms with Crippen molar-refractivity contribution < 1.29 is 13.9 Å². The fourth-order valence-corrected chi connectivity index (χ4v) is 3.95. The van der Waals surface area contributed by atoms with Crippen LogP contribution in [0.25, 0.3) is 11.0 Å². The second-order valence-electron chi connectivity index (χ2n) is 7.71. The quantitative estimate of drug-likeness (QED) is 0.610. The van der Waals surface area contributed by atoms with E-state index in [9.17, 15) is 9.59 Å². The third kappa shape index (κ3) is 4.39. The van der Waals surface area contributed by atoms with Crippen LogP contribution < -0.4 is 10.4 Å². The van der Waals surface area contributed by atoms with E-state index in [4.69, 9.17) is 9.15 Å². The minimum absolute atomic E-state index is 0.168. The van der Waals surface area contributed by atoms with Gasteiger partial charge in [-0.2, -0.15) is 0 Å². The molecule has 1 fully saturated rings. The first-order valence-corrected chi connectivity index (χ1v) is 10.2. The summed E-state index contributed by atoms with van der Waals surface area (Å²) in [4.78, 5) is 28.9. The Morgan fingerprint density at radius 3 is 2.53 bits per heavy atom. The minimum atomic E-state index is -0.363. The lowest BCUT2D eigenvalue weighted by Crippen LogP contribution is -2.48. The van der Waals surface area contributed by atoms with E-state index in [1.54, 1.807) is 19.2 Å². The summed E-state index contributed by atoms with van der Waals surface area (Å²) in [6.07, 6.45) is 0.443. The summed E-state index contributed by atoms with van der Waals surface area (Å²) >= 11 is 0. The molecule has 1 saturated heterocycles. The summed E-state index contributed by atoms with van der Waals surface area (Å²) in [6, 6.07) is 15.1. The van der Waals surface area contributed by atoms with E-state index in [0.717, 1.165) is 35.2 Å². The first-order chi connectivity index (χ1) is 14.5. The van der Waals surface area contributed by atoms with Crippen molar-refractivity contribution in [2.45, 2.75) is 19.9 Å². The second kappa shape index (κ2) is 8.71. The van der Waals surface area contributed by atoms with E-state index in [1.165, 1.54) is 0 Å². The van der Waals surface area contributed by atoms with Gasteiger partial charge in [0.25, 0.3) is 0 Å². The maximum atomic E-state index is 12.7. The number of nitrogens with zero attached hydrogens (tertiary/aromatic N) is 2. The van der Waals surface area contributed by atoms with Crippen molar-refractivity contribution in [3.63, 3.8) is 0 Å². The molecule has 1 aromatic heterocycles. The summed E-state index contributed by atoms with van der Waals surface area (Å²) in [5.74, 6) is 0.824. The predicted octanol–water partition coefficient (Wildman–Crippen LogP) is 3.00.